The largest absolute Gasteiger partial charge is 0.493 e. The predicted octanol–water partition coefficient (Wildman–Crippen LogP) is 1.82. The first-order chi connectivity index (χ1) is 9.17. The fraction of sp³-hybridized carbons (Fsp3) is 0.167. The van der Waals surface area contributed by atoms with E-state index >= 15 is 0 Å². The first-order valence-corrected chi connectivity index (χ1v) is 5.62. The van der Waals surface area contributed by atoms with Gasteiger partial charge in [-0.25, -0.2) is 4.98 Å². The van der Waals surface area contributed by atoms with Crippen LogP contribution in [0.15, 0.2) is 34.2 Å². The Morgan fingerprint density at radius 1 is 1.42 bits per heavy atom. The maximum absolute atomic E-state index is 11.6. The number of H-pyrrole nitrogens is 1. The normalized spacial score (nSPS) is 10.2. The molecule has 7 nitrogen and oxygen atoms in total. The molecule has 1 heterocycles. The van der Waals surface area contributed by atoms with Gasteiger partial charge in [-0.3, -0.25) is 4.79 Å². The summed E-state index contributed by atoms with van der Waals surface area (Å²) in [7, 11) is 0. The molecule has 7 heteroatoms. The molecule has 0 amide bonds. The molecular formula is C12H12N4O3. The SMILES string of the molecule is CCOc1ccccc1-c1nc(N)c(N=O)c(=O)[nH]1. The number of benzene rings is 1. The third-order valence-corrected chi connectivity index (χ3v) is 2.46. The number of aromatic nitrogens is 2. The van der Waals surface area contributed by atoms with Crippen LogP contribution in [0, 0.1) is 4.91 Å². The second-order valence-electron chi connectivity index (χ2n) is 3.67. The molecule has 0 aliphatic heterocycles. The van der Waals surface area contributed by atoms with Gasteiger partial charge < -0.3 is 15.5 Å². The number of hydrogen-bond donors (Lipinski definition) is 2. The molecule has 0 aliphatic rings. The van der Waals surface area contributed by atoms with Crippen molar-refractivity contribution in [2.75, 3.05) is 12.3 Å². The summed E-state index contributed by atoms with van der Waals surface area (Å²) in [5, 5.41) is 2.55. The van der Waals surface area contributed by atoms with Crippen molar-refractivity contribution < 1.29 is 4.74 Å². The van der Waals surface area contributed by atoms with Crippen molar-refractivity contribution in [3.8, 4) is 17.1 Å². The van der Waals surface area contributed by atoms with E-state index in [1.54, 1.807) is 24.3 Å². The van der Waals surface area contributed by atoms with Crippen molar-refractivity contribution >= 4 is 11.5 Å². The summed E-state index contributed by atoms with van der Waals surface area (Å²) in [5.41, 5.74) is 5.02. The zero-order valence-electron chi connectivity index (χ0n) is 10.2. The molecule has 0 bridgehead atoms. The molecule has 1 aromatic heterocycles. The van der Waals surface area contributed by atoms with Crippen molar-refractivity contribution in [1.82, 2.24) is 9.97 Å². The molecule has 0 aliphatic carbocycles. The van der Waals surface area contributed by atoms with Gasteiger partial charge in [-0.1, -0.05) is 12.1 Å². The lowest BCUT2D eigenvalue weighted by molar-refractivity contribution is 0.341. The van der Waals surface area contributed by atoms with E-state index in [9.17, 15) is 9.70 Å². The smallest absolute Gasteiger partial charge is 0.282 e. The molecule has 0 saturated heterocycles. The molecule has 0 saturated carbocycles. The second-order valence-corrected chi connectivity index (χ2v) is 3.67. The van der Waals surface area contributed by atoms with Crippen LogP contribution in [0.5, 0.6) is 5.75 Å². The Morgan fingerprint density at radius 2 is 2.16 bits per heavy atom. The van der Waals surface area contributed by atoms with Crippen LogP contribution in [0.3, 0.4) is 0 Å². The van der Waals surface area contributed by atoms with Crippen LogP contribution in [-0.2, 0) is 0 Å². The number of nitrogens with one attached hydrogen (secondary N) is 1. The number of hydrogen-bond acceptors (Lipinski definition) is 6. The Morgan fingerprint density at radius 3 is 2.79 bits per heavy atom. The first-order valence-electron chi connectivity index (χ1n) is 5.62. The van der Waals surface area contributed by atoms with Gasteiger partial charge in [-0.15, -0.1) is 4.91 Å². The fourth-order valence-electron chi connectivity index (χ4n) is 1.64. The van der Waals surface area contributed by atoms with Crippen molar-refractivity contribution in [2.24, 2.45) is 5.18 Å². The minimum absolute atomic E-state index is 0.208. The van der Waals surface area contributed by atoms with Crippen LogP contribution in [-0.4, -0.2) is 16.6 Å². The average molecular weight is 260 g/mol. The molecule has 1 aromatic carbocycles. The van der Waals surface area contributed by atoms with Crippen molar-refractivity contribution in [2.45, 2.75) is 6.92 Å². The molecule has 0 radical (unpaired) electrons. The standard InChI is InChI=1S/C12H12N4O3/c1-2-19-8-6-4-3-5-7(8)11-14-10(13)9(16-18)12(17)15-11/h3-6H,2H2,1H3,(H3,13,14,15,17). The minimum Gasteiger partial charge on any atom is -0.493 e. The molecule has 3 N–H and O–H groups in total. The minimum atomic E-state index is -0.677. The molecule has 2 rings (SSSR count). The highest BCUT2D eigenvalue weighted by Crippen LogP contribution is 2.28. The molecular weight excluding hydrogens is 248 g/mol. The lowest BCUT2D eigenvalue weighted by atomic mass is 10.2. The summed E-state index contributed by atoms with van der Waals surface area (Å²) >= 11 is 0. The summed E-state index contributed by atoms with van der Waals surface area (Å²) in [6.45, 7) is 2.32. The fourth-order valence-corrected chi connectivity index (χ4v) is 1.64. The van der Waals surface area contributed by atoms with Gasteiger partial charge >= 0.3 is 0 Å². The number of nitrogens with zero attached hydrogens (tertiary/aromatic N) is 2. The van der Waals surface area contributed by atoms with Crippen LogP contribution in [0.4, 0.5) is 11.5 Å². The van der Waals surface area contributed by atoms with Gasteiger partial charge in [0.15, 0.2) is 5.82 Å². The number of anilines is 1. The van der Waals surface area contributed by atoms with Gasteiger partial charge in [0.05, 0.1) is 12.2 Å². The Balaban J connectivity index is 2.60. The highest BCUT2D eigenvalue weighted by atomic mass is 16.5. The highest BCUT2D eigenvalue weighted by Gasteiger charge is 2.13. The summed E-state index contributed by atoms with van der Waals surface area (Å²) < 4.78 is 5.44. The highest BCUT2D eigenvalue weighted by molar-refractivity contribution is 5.67. The maximum atomic E-state index is 11.6. The van der Waals surface area contributed by atoms with Gasteiger partial charge in [0, 0.05) is 0 Å². The predicted molar refractivity (Wildman–Crippen MR) is 71.3 cm³/mol. The number of nitrogen functional groups attached to an aromatic ring is 1. The molecule has 0 fully saturated rings. The van der Waals surface area contributed by atoms with E-state index in [0.717, 1.165) is 0 Å². The third-order valence-electron chi connectivity index (χ3n) is 2.46. The van der Waals surface area contributed by atoms with Crippen molar-refractivity contribution in [3.63, 3.8) is 0 Å². The summed E-state index contributed by atoms with van der Waals surface area (Å²) in [6.07, 6.45) is 0. The molecule has 98 valence electrons. The molecule has 0 spiro atoms. The zero-order valence-corrected chi connectivity index (χ0v) is 10.2. The van der Waals surface area contributed by atoms with E-state index in [1.165, 1.54) is 0 Å². The molecule has 2 aromatic rings. The van der Waals surface area contributed by atoms with E-state index in [4.69, 9.17) is 10.5 Å². The molecule has 0 atom stereocenters. The Labute approximate surface area is 108 Å². The lowest BCUT2D eigenvalue weighted by Crippen LogP contribution is -2.12. The van der Waals surface area contributed by atoms with Crippen LogP contribution in [0.25, 0.3) is 11.4 Å². The number of nitroso groups, excluding NO2 is 1. The first kappa shape index (κ1) is 12.7. The Bertz CT molecular complexity index is 666. The Hall–Kier alpha value is -2.70. The maximum Gasteiger partial charge on any atom is 0.282 e. The quantitative estimate of drug-likeness (QED) is 0.814. The van der Waals surface area contributed by atoms with Crippen LogP contribution < -0.4 is 16.0 Å². The van der Waals surface area contributed by atoms with Gasteiger partial charge in [0.25, 0.3) is 5.56 Å². The monoisotopic (exact) mass is 260 g/mol. The molecule has 0 unspecified atom stereocenters. The van der Waals surface area contributed by atoms with E-state index in [1.807, 2.05) is 6.92 Å². The second kappa shape index (κ2) is 5.30. The van der Waals surface area contributed by atoms with E-state index < -0.39 is 11.2 Å². The van der Waals surface area contributed by atoms with Crippen molar-refractivity contribution in [1.29, 1.82) is 0 Å². The Kier molecular flexibility index (Phi) is 3.56. The lowest BCUT2D eigenvalue weighted by Gasteiger charge is -2.09. The third kappa shape index (κ3) is 2.44. The van der Waals surface area contributed by atoms with E-state index in [-0.39, 0.29) is 11.6 Å². The van der Waals surface area contributed by atoms with Gasteiger partial charge in [0.2, 0.25) is 5.69 Å². The number of rotatable bonds is 4. The van der Waals surface area contributed by atoms with E-state index in [2.05, 4.69) is 15.1 Å². The van der Waals surface area contributed by atoms with Gasteiger partial charge in [-0.2, -0.15) is 0 Å². The van der Waals surface area contributed by atoms with Crippen LogP contribution >= 0.6 is 0 Å². The summed E-state index contributed by atoms with van der Waals surface area (Å²) in [6, 6.07) is 7.06. The summed E-state index contributed by atoms with van der Waals surface area (Å²) in [5.74, 6) is 0.596. The number of ether oxygens (including phenoxy) is 1. The average Bonchev–Trinajstić information content (AvgIpc) is 2.39. The topological polar surface area (TPSA) is 110 Å². The summed E-state index contributed by atoms with van der Waals surface area (Å²) in [4.78, 5) is 28.5. The molecule has 19 heavy (non-hydrogen) atoms. The number of para-hydroxylation sites is 1. The van der Waals surface area contributed by atoms with Crippen LogP contribution in [0.2, 0.25) is 0 Å². The van der Waals surface area contributed by atoms with E-state index in [0.29, 0.717) is 17.9 Å². The van der Waals surface area contributed by atoms with Crippen LogP contribution in [0.1, 0.15) is 6.92 Å². The van der Waals surface area contributed by atoms with Crippen molar-refractivity contribution in [3.05, 3.63) is 39.5 Å². The number of nitrogens with two attached hydrogens (primary N) is 1. The van der Waals surface area contributed by atoms with Gasteiger partial charge in [-0.05, 0) is 24.2 Å². The van der Waals surface area contributed by atoms with Gasteiger partial charge in [0.1, 0.15) is 11.6 Å². The zero-order chi connectivity index (χ0) is 13.8. The number of aromatic amines is 1.